The number of carbonyl (C=O) groups excluding carboxylic acids is 1. The lowest BCUT2D eigenvalue weighted by atomic mass is 10.2. The van der Waals surface area contributed by atoms with E-state index in [2.05, 4.69) is 34.5 Å². The Kier molecular flexibility index (Phi) is 4.52. The molecule has 1 amide bonds. The molecule has 0 aliphatic heterocycles. The van der Waals surface area contributed by atoms with Crippen LogP contribution in [0.15, 0.2) is 42.0 Å². The third-order valence-electron chi connectivity index (χ3n) is 3.40. The minimum atomic E-state index is -0.125. The van der Waals surface area contributed by atoms with Gasteiger partial charge in [0, 0.05) is 23.7 Å². The molecule has 0 spiro atoms. The van der Waals surface area contributed by atoms with Crippen molar-refractivity contribution in [3.05, 3.63) is 53.3 Å². The molecule has 0 atom stereocenters. The molecule has 0 saturated heterocycles. The number of nitrogens with one attached hydrogen (secondary N) is 1. The van der Waals surface area contributed by atoms with Crippen LogP contribution in [-0.4, -0.2) is 27.2 Å². The van der Waals surface area contributed by atoms with Crippen LogP contribution in [0.2, 0.25) is 0 Å². The van der Waals surface area contributed by atoms with Crippen molar-refractivity contribution in [2.75, 3.05) is 6.54 Å². The van der Waals surface area contributed by atoms with Crippen LogP contribution in [0.25, 0.3) is 16.3 Å². The molecule has 6 heteroatoms. The number of thiazole rings is 1. The second-order valence-corrected chi connectivity index (χ2v) is 6.16. The van der Waals surface area contributed by atoms with Gasteiger partial charge in [-0.05, 0) is 25.5 Å². The number of nitrogens with zero attached hydrogens (tertiary/aromatic N) is 3. The minimum absolute atomic E-state index is 0.125. The van der Waals surface area contributed by atoms with Gasteiger partial charge in [-0.2, -0.15) is 5.10 Å². The maximum absolute atomic E-state index is 11.9. The summed E-state index contributed by atoms with van der Waals surface area (Å²) in [6.07, 6.45) is 4.61. The van der Waals surface area contributed by atoms with Crippen LogP contribution in [0.4, 0.5) is 0 Å². The lowest BCUT2D eigenvalue weighted by Gasteiger charge is -2.00. The van der Waals surface area contributed by atoms with Gasteiger partial charge in [0.2, 0.25) is 0 Å². The van der Waals surface area contributed by atoms with Gasteiger partial charge in [-0.3, -0.25) is 4.79 Å². The molecule has 0 unspecified atom stereocenters. The van der Waals surface area contributed by atoms with Gasteiger partial charge >= 0.3 is 0 Å². The van der Waals surface area contributed by atoms with Gasteiger partial charge in [0.25, 0.3) is 5.91 Å². The van der Waals surface area contributed by atoms with Crippen molar-refractivity contribution in [2.24, 2.45) is 0 Å². The zero-order valence-electron chi connectivity index (χ0n) is 13.1. The Labute approximate surface area is 139 Å². The summed E-state index contributed by atoms with van der Waals surface area (Å²) in [7, 11) is 0. The molecule has 0 bridgehead atoms. The van der Waals surface area contributed by atoms with Gasteiger partial charge in [0.15, 0.2) is 0 Å². The zero-order valence-corrected chi connectivity index (χ0v) is 13.9. The molecule has 118 valence electrons. The Balaban J connectivity index is 1.79. The Morgan fingerprint density at radius 1 is 1.30 bits per heavy atom. The molecule has 0 aliphatic rings. The number of amides is 1. The summed E-state index contributed by atoms with van der Waals surface area (Å²) in [5, 5.41) is 9.79. The summed E-state index contributed by atoms with van der Waals surface area (Å²) in [4.78, 5) is 16.3. The number of carbonyl (C=O) groups is 1. The van der Waals surface area contributed by atoms with E-state index in [1.807, 2.05) is 29.9 Å². The number of rotatable bonds is 5. The SMILES string of the molecule is CCCNC(=O)c1csc(-c2cnn(-c3ccc(C)cc3)c2)n1. The standard InChI is InChI=1S/C17H18N4OS/c1-3-8-18-16(22)15-11-23-17(20-15)13-9-19-21(10-13)14-6-4-12(2)5-7-14/h4-7,9-11H,3,8H2,1-2H3,(H,18,22). The molecule has 0 fully saturated rings. The summed E-state index contributed by atoms with van der Waals surface area (Å²) in [5.74, 6) is -0.125. The highest BCUT2D eigenvalue weighted by Gasteiger charge is 2.12. The summed E-state index contributed by atoms with van der Waals surface area (Å²) in [6, 6.07) is 8.15. The monoisotopic (exact) mass is 326 g/mol. The lowest BCUT2D eigenvalue weighted by Crippen LogP contribution is -2.24. The Hall–Kier alpha value is -2.47. The van der Waals surface area contributed by atoms with Crippen LogP contribution < -0.4 is 5.32 Å². The summed E-state index contributed by atoms with van der Waals surface area (Å²) < 4.78 is 1.81. The van der Waals surface area contributed by atoms with E-state index in [-0.39, 0.29) is 5.91 Å². The lowest BCUT2D eigenvalue weighted by molar-refractivity contribution is 0.0949. The predicted octanol–water partition coefficient (Wildman–Crippen LogP) is 3.44. The average molecular weight is 326 g/mol. The van der Waals surface area contributed by atoms with E-state index < -0.39 is 0 Å². The van der Waals surface area contributed by atoms with Gasteiger partial charge < -0.3 is 5.32 Å². The van der Waals surface area contributed by atoms with Crippen LogP contribution in [0.3, 0.4) is 0 Å². The number of aryl methyl sites for hydroxylation is 1. The maximum atomic E-state index is 11.9. The highest BCUT2D eigenvalue weighted by molar-refractivity contribution is 7.13. The van der Waals surface area contributed by atoms with Crippen LogP contribution in [-0.2, 0) is 0 Å². The number of aromatic nitrogens is 3. The van der Waals surface area contributed by atoms with E-state index in [9.17, 15) is 4.79 Å². The van der Waals surface area contributed by atoms with E-state index in [4.69, 9.17) is 0 Å². The molecule has 0 aliphatic carbocycles. The first-order valence-electron chi connectivity index (χ1n) is 7.53. The van der Waals surface area contributed by atoms with Crippen molar-refractivity contribution in [3.8, 4) is 16.3 Å². The molecular weight excluding hydrogens is 308 g/mol. The highest BCUT2D eigenvalue weighted by atomic mass is 32.1. The third kappa shape index (κ3) is 3.48. The van der Waals surface area contributed by atoms with Gasteiger partial charge in [0.1, 0.15) is 10.7 Å². The molecular formula is C17H18N4OS. The smallest absolute Gasteiger partial charge is 0.270 e. The second kappa shape index (κ2) is 6.75. The van der Waals surface area contributed by atoms with Crippen LogP contribution in [0, 0.1) is 6.92 Å². The molecule has 0 saturated carbocycles. The Morgan fingerprint density at radius 2 is 2.09 bits per heavy atom. The van der Waals surface area contributed by atoms with E-state index in [1.165, 1.54) is 16.9 Å². The predicted molar refractivity (Wildman–Crippen MR) is 92.0 cm³/mol. The summed E-state index contributed by atoms with van der Waals surface area (Å²) >= 11 is 1.45. The zero-order chi connectivity index (χ0) is 16.2. The Bertz CT molecular complexity index is 804. The van der Waals surface area contributed by atoms with Crippen molar-refractivity contribution in [1.29, 1.82) is 0 Å². The van der Waals surface area contributed by atoms with Crippen molar-refractivity contribution >= 4 is 17.2 Å². The molecule has 3 rings (SSSR count). The van der Waals surface area contributed by atoms with Gasteiger partial charge in [-0.25, -0.2) is 9.67 Å². The van der Waals surface area contributed by atoms with Gasteiger partial charge in [-0.15, -0.1) is 11.3 Å². The normalized spacial score (nSPS) is 10.7. The molecule has 0 radical (unpaired) electrons. The maximum Gasteiger partial charge on any atom is 0.270 e. The van der Waals surface area contributed by atoms with Crippen molar-refractivity contribution in [1.82, 2.24) is 20.1 Å². The number of hydrogen-bond donors (Lipinski definition) is 1. The van der Waals surface area contributed by atoms with Crippen molar-refractivity contribution in [3.63, 3.8) is 0 Å². The van der Waals surface area contributed by atoms with Crippen LogP contribution in [0.1, 0.15) is 29.4 Å². The average Bonchev–Trinajstić information content (AvgIpc) is 3.22. The van der Waals surface area contributed by atoms with E-state index in [0.717, 1.165) is 22.7 Å². The summed E-state index contributed by atoms with van der Waals surface area (Å²) in [6.45, 7) is 4.74. The molecule has 1 aromatic carbocycles. The van der Waals surface area contributed by atoms with E-state index in [1.54, 1.807) is 11.6 Å². The fourth-order valence-corrected chi connectivity index (χ4v) is 2.89. The molecule has 1 N–H and O–H groups in total. The second-order valence-electron chi connectivity index (χ2n) is 5.30. The molecule has 5 nitrogen and oxygen atoms in total. The number of benzene rings is 1. The first-order valence-corrected chi connectivity index (χ1v) is 8.41. The third-order valence-corrected chi connectivity index (χ3v) is 4.29. The largest absolute Gasteiger partial charge is 0.351 e. The minimum Gasteiger partial charge on any atom is -0.351 e. The first-order chi connectivity index (χ1) is 11.2. The van der Waals surface area contributed by atoms with Crippen LogP contribution in [0.5, 0.6) is 0 Å². The van der Waals surface area contributed by atoms with Crippen molar-refractivity contribution in [2.45, 2.75) is 20.3 Å². The molecule has 3 aromatic rings. The summed E-state index contributed by atoms with van der Waals surface area (Å²) in [5.41, 5.74) is 3.58. The molecule has 2 heterocycles. The molecule has 23 heavy (non-hydrogen) atoms. The Morgan fingerprint density at radius 3 is 2.83 bits per heavy atom. The quantitative estimate of drug-likeness (QED) is 0.781. The van der Waals surface area contributed by atoms with Crippen molar-refractivity contribution < 1.29 is 4.79 Å². The first kappa shape index (κ1) is 15.4. The fourth-order valence-electron chi connectivity index (χ4n) is 2.11. The van der Waals surface area contributed by atoms with E-state index in [0.29, 0.717) is 12.2 Å². The topological polar surface area (TPSA) is 59.8 Å². The fraction of sp³-hybridized carbons (Fsp3) is 0.235. The highest BCUT2D eigenvalue weighted by Crippen LogP contribution is 2.24. The molecule has 2 aromatic heterocycles. The van der Waals surface area contributed by atoms with Gasteiger partial charge in [-0.1, -0.05) is 24.6 Å². The van der Waals surface area contributed by atoms with Gasteiger partial charge in [0.05, 0.1) is 11.9 Å². The number of hydrogen-bond acceptors (Lipinski definition) is 4. The van der Waals surface area contributed by atoms with E-state index >= 15 is 0 Å². The van der Waals surface area contributed by atoms with Crippen LogP contribution >= 0.6 is 11.3 Å².